The second kappa shape index (κ2) is 4.98. The van der Waals surface area contributed by atoms with Crippen molar-refractivity contribution < 1.29 is 9.59 Å². The molecular weight excluding hydrogens is 272 g/mol. The van der Waals surface area contributed by atoms with Crippen LogP contribution in [-0.4, -0.2) is 21.3 Å². The zero-order chi connectivity index (χ0) is 14.3. The van der Waals surface area contributed by atoms with E-state index in [1.807, 2.05) is 18.4 Å². The zero-order valence-corrected chi connectivity index (χ0v) is 12.4. The molecule has 1 atom stereocenters. The first kappa shape index (κ1) is 13.2. The summed E-state index contributed by atoms with van der Waals surface area (Å²) >= 11 is 1.60. The van der Waals surface area contributed by atoms with E-state index in [4.69, 9.17) is 0 Å². The van der Waals surface area contributed by atoms with Crippen LogP contribution >= 0.6 is 11.3 Å². The van der Waals surface area contributed by atoms with Gasteiger partial charge in [0, 0.05) is 23.7 Å². The van der Waals surface area contributed by atoms with E-state index in [2.05, 4.69) is 5.10 Å². The average molecular weight is 288 g/mol. The van der Waals surface area contributed by atoms with Gasteiger partial charge in [-0.05, 0) is 30.7 Å². The summed E-state index contributed by atoms with van der Waals surface area (Å²) in [5.74, 6) is -0.633. The molecule has 1 aliphatic rings. The van der Waals surface area contributed by atoms with Gasteiger partial charge >= 0.3 is 0 Å². The Kier molecular flexibility index (Phi) is 3.30. The molecule has 0 fully saturated rings. The lowest BCUT2D eigenvalue weighted by molar-refractivity contribution is 0.0791. The molecule has 4 nitrogen and oxygen atoms in total. The number of aryl methyl sites for hydroxylation is 3. The maximum absolute atomic E-state index is 12.7. The molecule has 2 aromatic rings. The van der Waals surface area contributed by atoms with Crippen molar-refractivity contribution in [1.29, 1.82) is 0 Å². The fraction of sp³-hybridized carbons (Fsp3) is 0.400. The molecule has 5 heteroatoms. The molecule has 2 aromatic heterocycles. The number of aromatic nitrogens is 2. The minimum absolute atomic E-state index is 0.0246. The minimum Gasteiger partial charge on any atom is -0.293 e. The molecule has 0 bridgehead atoms. The SMILES string of the molecule is CCc1nn(C)cc1C(=O)C1CCc2sccc2C1=O. The predicted molar refractivity (Wildman–Crippen MR) is 77.4 cm³/mol. The minimum atomic E-state index is -0.536. The molecule has 3 rings (SSSR count). The van der Waals surface area contributed by atoms with Crippen LogP contribution in [0.25, 0.3) is 0 Å². The molecule has 2 heterocycles. The van der Waals surface area contributed by atoms with Gasteiger partial charge in [-0.2, -0.15) is 5.10 Å². The maximum Gasteiger partial charge on any atom is 0.177 e. The molecule has 0 amide bonds. The van der Waals surface area contributed by atoms with Crippen LogP contribution < -0.4 is 0 Å². The van der Waals surface area contributed by atoms with E-state index in [9.17, 15) is 9.59 Å². The third-order valence-corrected chi connectivity index (χ3v) is 4.79. The highest BCUT2D eigenvalue weighted by atomic mass is 32.1. The van der Waals surface area contributed by atoms with E-state index in [-0.39, 0.29) is 11.6 Å². The van der Waals surface area contributed by atoms with Gasteiger partial charge in [0.05, 0.1) is 17.2 Å². The van der Waals surface area contributed by atoms with E-state index < -0.39 is 5.92 Å². The van der Waals surface area contributed by atoms with Crippen molar-refractivity contribution in [3.8, 4) is 0 Å². The second-order valence-electron chi connectivity index (χ2n) is 5.09. The Balaban J connectivity index is 1.94. The van der Waals surface area contributed by atoms with E-state index in [1.165, 1.54) is 0 Å². The van der Waals surface area contributed by atoms with Gasteiger partial charge in [-0.1, -0.05) is 6.92 Å². The smallest absolute Gasteiger partial charge is 0.177 e. The second-order valence-corrected chi connectivity index (χ2v) is 6.09. The Labute approximate surface area is 121 Å². The predicted octanol–water partition coefficient (Wildman–Crippen LogP) is 2.67. The first-order chi connectivity index (χ1) is 9.61. The van der Waals surface area contributed by atoms with E-state index in [1.54, 1.807) is 29.3 Å². The molecule has 0 saturated carbocycles. The van der Waals surface area contributed by atoms with Crippen molar-refractivity contribution in [3.63, 3.8) is 0 Å². The summed E-state index contributed by atoms with van der Waals surface area (Å²) in [6, 6.07) is 1.84. The quantitative estimate of drug-likeness (QED) is 0.644. The maximum atomic E-state index is 12.7. The molecule has 20 heavy (non-hydrogen) atoms. The van der Waals surface area contributed by atoms with Crippen molar-refractivity contribution in [2.45, 2.75) is 26.2 Å². The Morgan fingerprint density at radius 1 is 1.55 bits per heavy atom. The lowest BCUT2D eigenvalue weighted by Gasteiger charge is -2.19. The number of fused-ring (bicyclic) bond motifs is 1. The van der Waals surface area contributed by atoms with Crippen LogP contribution in [-0.2, 0) is 19.9 Å². The van der Waals surface area contributed by atoms with Gasteiger partial charge in [0.1, 0.15) is 0 Å². The number of Topliss-reactive ketones (excluding diaryl/α,β-unsaturated/α-hetero) is 2. The number of carbonyl (C=O) groups excluding carboxylic acids is 2. The van der Waals surface area contributed by atoms with Crippen molar-refractivity contribution in [2.75, 3.05) is 0 Å². The summed E-state index contributed by atoms with van der Waals surface area (Å²) in [6.07, 6.45) is 3.87. The van der Waals surface area contributed by atoms with Crippen molar-refractivity contribution in [3.05, 3.63) is 39.3 Å². The lowest BCUT2D eigenvalue weighted by Crippen LogP contribution is -2.29. The van der Waals surface area contributed by atoms with Crippen LogP contribution in [0.1, 0.15) is 44.6 Å². The van der Waals surface area contributed by atoms with Crippen LogP contribution in [0.2, 0.25) is 0 Å². The number of ketones is 2. The molecular formula is C15H16N2O2S. The molecule has 0 aromatic carbocycles. The van der Waals surface area contributed by atoms with E-state index in [0.29, 0.717) is 18.4 Å². The Bertz CT molecular complexity index is 684. The van der Waals surface area contributed by atoms with Crippen LogP contribution in [0, 0.1) is 5.92 Å². The number of carbonyl (C=O) groups is 2. The summed E-state index contributed by atoms with van der Waals surface area (Å²) in [6.45, 7) is 1.97. The van der Waals surface area contributed by atoms with E-state index >= 15 is 0 Å². The molecule has 1 aliphatic carbocycles. The van der Waals surface area contributed by atoms with Crippen molar-refractivity contribution >= 4 is 22.9 Å². The summed E-state index contributed by atoms with van der Waals surface area (Å²) < 4.78 is 1.65. The Morgan fingerprint density at radius 3 is 3.10 bits per heavy atom. The molecule has 0 radical (unpaired) electrons. The molecule has 0 spiro atoms. The van der Waals surface area contributed by atoms with Gasteiger partial charge in [0.2, 0.25) is 0 Å². The monoisotopic (exact) mass is 288 g/mol. The average Bonchev–Trinajstić information content (AvgIpc) is 3.04. The number of nitrogens with zero attached hydrogens (tertiary/aromatic N) is 2. The summed E-state index contributed by atoms with van der Waals surface area (Å²) in [4.78, 5) is 26.2. The normalized spacial score (nSPS) is 18.1. The topological polar surface area (TPSA) is 52.0 Å². The fourth-order valence-corrected chi connectivity index (χ4v) is 3.69. The first-order valence-corrected chi connectivity index (χ1v) is 7.67. The van der Waals surface area contributed by atoms with Crippen LogP contribution in [0.3, 0.4) is 0 Å². The standard InChI is InChI=1S/C15H16N2O2S/c1-3-12-11(8-17(2)16-12)15(19)10-4-5-13-9(14(10)18)6-7-20-13/h6-8,10H,3-5H2,1-2H3. The molecule has 0 saturated heterocycles. The first-order valence-electron chi connectivity index (χ1n) is 6.79. The third-order valence-electron chi connectivity index (χ3n) is 3.81. The van der Waals surface area contributed by atoms with Gasteiger partial charge in [-0.15, -0.1) is 11.3 Å². The number of thiophene rings is 1. The third kappa shape index (κ3) is 2.02. The van der Waals surface area contributed by atoms with Gasteiger partial charge in [-0.25, -0.2) is 0 Å². The number of hydrogen-bond acceptors (Lipinski definition) is 4. The highest BCUT2D eigenvalue weighted by Crippen LogP contribution is 2.31. The summed E-state index contributed by atoms with van der Waals surface area (Å²) in [5, 5.41) is 6.22. The summed E-state index contributed by atoms with van der Waals surface area (Å²) in [5.41, 5.74) is 2.12. The largest absolute Gasteiger partial charge is 0.293 e. The highest BCUT2D eigenvalue weighted by molar-refractivity contribution is 7.10. The fourth-order valence-electron chi connectivity index (χ4n) is 2.79. The molecule has 0 aliphatic heterocycles. The van der Waals surface area contributed by atoms with Crippen molar-refractivity contribution in [2.24, 2.45) is 13.0 Å². The van der Waals surface area contributed by atoms with E-state index in [0.717, 1.165) is 22.6 Å². The molecule has 1 unspecified atom stereocenters. The zero-order valence-electron chi connectivity index (χ0n) is 11.5. The van der Waals surface area contributed by atoms with Gasteiger partial charge in [-0.3, -0.25) is 14.3 Å². The van der Waals surface area contributed by atoms with Crippen LogP contribution in [0.5, 0.6) is 0 Å². The van der Waals surface area contributed by atoms with Gasteiger partial charge < -0.3 is 0 Å². The van der Waals surface area contributed by atoms with Crippen LogP contribution in [0.15, 0.2) is 17.6 Å². The Morgan fingerprint density at radius 2 is 2.35 bits per heavy atom. The lowest BCUT2D eigenvalue weighted by atomic mass is 9.82. The van der Waals surface area contributed by atoms with Gasteiger partial charge in [0.15, 0.2) is 11.6 Å². The summed E-state index contributed by atoms with van der Waals surface area (Å²) in [7, 11) is 1.80. The highest BCUT2D eigenvalue weighted by Gasteiger charge is 2.35. The van der Waals surface area contributed by atoms with Crippen LogP contribution in [0.4, 0.5) is 0 Å². The molecule has 0 N–H and O–H groups in total. The number of hydrogen-bond donors (Lipinski definition) is 0. The molecule has 104 valence electrons. The Hall–Kier alpha value is -1.75. The number of rotatable bonds is 3. The van der Waals surface area contributed by atoms with Gasteiger partial charge in [0.25, 0.3) is 0 Å². The van der Waals surface area contributed by atoms with Crippen molar-refractivity contribution in [1.82, 2.24) is 9.78 Å².